The number of aryl methyl sites for hydroxylation is 1. The lowest BCUT2D eigenvalue weighted by Gasteiger charge is -2.26. The number of ether oxygens (including phenoxy) is 1. The van der Waals surface area contributed by atoms with Crippen LogP contribution in [0.25, 0.3) is 0 Å². The Hall–Kier alpha value is -2.74. The lowest BCUT2D eigenvalue weighted by atomic mass is 9.97. The zero-order valence-electron chi connectivity index (χ0n) is 14.5. The molecule has 0 aromatic heterocycles. The van der Waals surface area contributed by atoms with Crippen LogP contribution in [0.3, 0.4) is 0 Å². The van der Waals surface area contributed by atoms with E-state index < -0.39 is 16.6 Å². The normalized spacial score (nSPS) is 17.3. The van der Waals surface area contributed by atoms with Crippen LogP contribution >= 0.6 is 11.8 Å². The fraction of sp³-hybridized carbons (Fsp3) is 0.278. The van der Waals surface area contributed by atoms with Crippen LogP contribution in [0.1, 0.15) is 30.2 Å². The first-order valence-electron chi connectivity index (χ1n) is 7.92. The summed E-state index contributed by atoms with van der Waals surface area (Å²) >= 11 is 1.54. The summed E-state index contributed by atoms with van der Waals surface area (Å²) in [5.74, 6) is 0.539. The van der Waals surface area contributed by atoms with E-state index in [9.17, 15) is 14.9 Å². The van der Waals surface area contributed by atoms with Gasteiger partial charge in [-0.05, 0) is 44.5 Å². The second-order valence-electron chi connectivity index (χ2n) is 6.56. The number of nitrogens with zero attached hydrogens (tertiary/aromatic N) is 1. The van der Waals surface area contributed by atoms with E-state index in [0.29, 0.717) is 11.4 Å². The number of anilines is 1. The number of hydrogen-bond acceptors (Lipinski definition) is 5. The molecule has 1 aliphatic heterocycles. The molecule has 0 fully saturated rings. The maximum absolute atomic E-state index is 11.0. The van der Waals surface area contributed by atoms with Gasteiger partial charge in [0.2, 0.25) is 0 Å². The number of non-ortho nitro benzene ring substituents is 1. The number of rotatable bonds is 4. The van der Waals surface area contributed by atoms with Crippen molar-refractivity contribution in [3.8, 4) is 5.75 Å². The van der Waals surface area contributed by atoms with Gasteiger partial charge in [-0.1, -0.05) is 6.07 Å². The van der Waals surface area contributed by atoms with Crippen LogP contribution in [0.5, 0.6) is 5.75 Å². The molecular weight excluding hydrogens is 356 g/mol. The van der Waals surface area contributed by atoms with Crippen molar-refractivity contribution in [2.75, 3.05) is 5.32 Å². The van der Waals surface area contributed by atoms with Gasteiger partial charge in [0.15, 0.2) is 0 Å². The van der Waals surface area contributed by atoms with E-state index in [1.807, 2.05) is 26.8 Å². The first-order chi connectivity index (χ1) is 12.2. The van der Waals surface area contributed by atoms with Crippen LogP contribution in [-0.2, 0) is 0 Å². The Bertz CT molecular complexity index is 880. The minimum Gasteiger partial charge on any atom is -0.484 e. The Labute approximate surface area is 154 Å². The van der Waals surface area contributed by atoms with Crippen molar-refractivity contribution in [3.05, 3.63) is 57.6 Å². The standard InChI is InChI=1S/C18H18N2O5S/c1-10-4-9-13(19-17(21)22)15-14(10)16(18(2,3)25-15)26-12-7-5-11(6-8-12)20(23)24/h4-9,16,19H,1-3H3,(H,21,22). The molecule has 2 N–H and O–H groups in total. The molecule has 136 valence electrons. The quantitative estimate of drug-likeness (QED) is 0.577. The van der Waals surface area contributed by atoms with E-state index in [4.69, 9.17) is 9.84 Å². The molecule has 1 aliphatic rings. The maximum atomic E-state index is 11.0. The first-order valence-corrected chi connectivity index (χ1v) is 8.80. The first kappa shape index (κ1) is 18.1. The number of hydrogen-bond donors (Lipinski definition) is 2. The van der Waals surface area contributed by atoms with Gasteiger partial charge in [-0.2, -0.15) is 0 Å². The highest BCUT2D eigenvalue weighted by atomic mass is 32.2. The molecule has 0 spiro atoms. The second kappa shape index (κ2) is 6.53. The lowest BCUT2D eigenvalue weighted by Crippen LogP contribution is -2.28. The average Bonchev–Trinajstić information content (AvgIpc) is 2.82. The van der Waals surface area contributed by atoms with E-state index in [0.717, 1.165) is 16.0 Å². The molecular formula is C18H18N2O5S. The van der Waals surface area contributed by atoms with Gasteiger partial charge in [-0.25, -0.2) is 4.79 Å². The molecule has 2 aromatic rings. The smallest absolute Gasteiger partial charge is 0.409 e. The molecule has 1 atom stereocenters. The summed E-state index contributed by atoms with van der Waals surface area (Å²) < 4.78 is 6.10. The van der Waals surface area contributed by atoms with Crippen LogP contribution in [0.2, 0.25) is 0 Å². The van der Waals surface area contributed by atoms with Crippen LogP contribution in [0, 0.1) is 17.0 Å². The highest BCUT2D eigenvalue weighted by Crippen LogP contribution is 2.56. The van der Waals surface area contributed by atoms with Crippen molar-refractivity contribution in [1.29, 1.82) is 0 Å². The Morgan fingerprint density at radius 2 is 1.92 bits per heavy atom. The van der Waals surface area contributed by atoms with E-state index in [1.54, 1.807) is 30.0 Å². The number of nitro benzene ring substituents is 1. The summed E-state index contributed by atoms with van der Waals surface area (Å²) in [5, 5.41) is 22.2. The SMILES string of the molecule is Cc1ccc(NC(=O)O)c2c1C(Sc1ccc([N+](=O)[O-])cc1)C(C)(C)O2. The van der Waals surface area contributed by atoms with Gasteiger partial charge in [-0.15, -0.1) is 11.8 Å². The topological polar surface area (TPSA) is 102 Å². The van der Waals surface area contributed by atoms with Gasteiger partial charge in [0.25, 0.3) is 5.69 Å². The molecule has 1 unspecified atom stereocenters. The van der Waals surface area contributed by atoms with Gasteiger partial charge < -0.3 is 9.84 Å². The van der Waals surface area contributed by atoms with Crippen LogP contribution in [0.15, 0.2) is 41.3 Å². The van der Waals surface area contributed by atoms with Crippen molar-refractivity contribution in [3.63, 3.8) is 0 Å². The summed E-state index contributed by atoms with van der Waals surface area (Å²) in [6, 6.07) is 9.93. The number of carboxylic acid groups (broad SMARTS) is 1. The number of amides is 1. The third-order valence-electron chi connectivity index (χ3n) is 4.22. The van der Waals surface area contributed by atoms with Crippen LogP contribution in [0.4, 0.5) is 16.2 Å². The van der Waals surface area contributed by atoms with E-state index >= 15 is 0 Å². The zero-order valence-corrected chi connectivity index (χ0v) is 15.3. The Morgan fingerprint density at radius 3 is 2.50 bits per heavy atom. The fourth-order valence-electron chi connectivity index (χ4n) is 2.99. The van der Waals surface area contributed by atoms with Crippen molar-refractivity contribution in [2.24, 2.45) is 0 Å². The highest BCUT2D eigenvalue weighted by molar-refractivity contribution is 7.99. The summed E-state index contributed by atoms with van der Waals surface area (Å²) in [7, 11) is 0. The van der Waals surface area contributed by atoms with Crippen molar-refractivity contribution in [1.82, 2.24) is 0 Å². The summed E-state index contributed by atoms with van der Waals surface area (Å²) in [4.78, 5) is 22.3. The number of benzene rings is 2. The molecule has 0 radical (unpaired) electrons. The maximum Gasteiger partial charge on any atom is 0.409 e. The van der Waals surface area contributed by atoms with Crippen molar-refractivity contribution < 1.29 is 19.6 Å². The predicted octanol–water partition coefficient (Wildman–Crippen LogP) is 5.00. The molecule has 1 amide bonds. The number of nitrogens with one attached hydrogen (secondary N) is 1. The molecule has 7 nitrogen and oxygen atoms in total. The van der Waals surface area contributed by atoms with Gasteiger partial charge in [0.05, 0.1) is 15.9 Å². The number of carbonyl (C=O) groups is 1. The minimum atomic E-state index is -1.15. The lowest BCUT2D eigenvalue weighted by molar-refractivity contribution is -0.384. The van der Waals surface area contributed by atoms with E-state index in [1.165, 1.54) is 12.1 Å². The molecule has 2 aromatic carbocycles. The molecule has 26 heavy (non-hydrogen) atoms. The molecule has 8 heteroatoms. The van der Waals surface area contributed by atoms with Gasteiger partial charge in [0.1, 0.15) is 11.4 Å². The molecule has 0 aliphatic carbocycles. The third kappa shape index (κ3) is 3.32. The van der Waals surface area contributed by atoms with Crippen LogP contribution in [-0.4, -0.2) is 21.7 Å². The zero-order chi connectivity index (χ0) is 19.1. The monoisotopic (exact) mass is 374 g/mol. The molecule has 3 rings (SSSR count). The van der Waals surface area contributed by atoms with Crippen molar-refractivity contribution >= 4 is 29.2 Å². The third-order valence-corrected chi connectivity index (χ3v) is 5.80. The molecule has 0 saturated heterocycles. The second-order valence-corrected chi connectivity index (χ2v) is 7.74. The molecule has 0 bridgehead atoms. The van der Waals surface area contributed by atoms with E-state index in [2.05, 4.69) is 5.32 Å². The Morgan fingerprint density at radius 1 is 1.27 bits per heavy atom. The summed E-state index contributed by atoms with van der Waals surface area (Å²) in [6.45, 7) is 5.84. The Balaban J connectivity index is 1.98. The van der Waals surface area contributed by atoms with E-state index in [-0.39, 0.29) is 10.9 Å². The minimum absolute atomic E-state index is 0.0424. The highest BCUT2D eigenvalue weighted by Gasteiger charge is 2.44. The van der Waals surface area contributed by atoms with Gasteiger partial charge in [0, 0.05) is 22.6 Å². The molecule has 1 heterocycles. The number of nitro groups is 1. The summed E-state index contributed by atoms with van der Waals surface area (Å²) in [5.41, 5.74) is 1.82. The van der Waals surface area contributed by atoms with Gasteiger partial charge >= 0.3 is 6.09 Å². The number of fused-ring (bicyclic) bond motifs is 1. The predicted molar refractivity (Wildman–Crippen MR) is 99.2 cm³/mol. The fourth-order valence-corrected chi connectivity index (χ4v) is 4.30. The number of thioether (sulfide) groups is 1. The summed E-state index contributed by atoms with van der Waals surface area (Å²) in [6.07, 6.45) is -1.15. The van der Waals surface area contributed by atoms with Crippen LogP contribution < -0.4 is 10.1 Å². The average molecular weight is 374 g/mol. The molecule has 0 saturated carbocycles. The van der Waals surface area contributed by atoms with Gasteiger partial charge in [-0.3, -0.25) is 15.4 Å². The Kier molecular flexibility index (Phi) is 4.53. The van der Waals surface area contributed by atoms with Crippen molar-refractivity contribution in [2.45, 2.75) is 36.5 Å². The largest absolute Gasteiger partial charge is 0.484 e.